The number of hydrogen-bond donors (Lipinski definition) is 0. The van der Waals surface area contributed by atoms with E-state index in [9.17, 15) is 0 Å². The van der Waals surface area contributed by atoms with Crippen molar-refractivity contribution in [1.29, 1.82) is 0 Å². The molecular weight excluding hydrogens is 539 g/mol. The minimum Gasteiger partial charge on any atom is -0.310 e. The van der Waals surface area contributed by atoms with Gasteiger partial charge in [-0.25, -0.2) is 0 Å². The summed E-state index contributed by atoms with van der Waals surface area (Å²) in [6, 6.07) is 51.5. The third-order valence-electron chi connectivity index (χ3n) is 9.42. The van der Waals surface area contributed by atoms with E-state index in [0.717, 1.165) is 5.69 Å². The Morgan fingerprint density at radius 2 is 1.21 bits per heavy atom. The Balaban J connectivity index is 1.35. The van der Waals surface area contributed by atoms with Crippen molar-refractivity contribution in [3.63, 3.8) is 0 Å². The van der Waals surface area contributed by atoms with E-state index in [4.69, 9.17) is 0 Å². The van der Waals surface area contributed by atoms with Crippen LogP contribution >= 0.6 is 11.3 Å². The average Bonchev–Trinajstić information content (AvgIpc) is 3.54. The normalized spacial score (nSPS) is 13.5. The number of anilines is 3. The van der Waals surface area contributed by atoms with Crippen LogP contribution in [0, 0.1) is 0 Å². The zero-order valence-electron chi connectivity index (χ0n) is 24.1. The Bertz CT molecular complexity index is 2380. The van der Waals surface area contributed by atoms with Gasteiger partial charge in [0.1, 0.15) is 0 Å². The topological polar surface area (TPSA) is 3.24 Å². The zero-order valence-corrected chi connectivity index (χ0v) is 25.0. The highest BCUT2D eigenvalue weighted by molar-refractivity contribution is 7.26. The molecule has 0 aliphatic heterocycles. The van der Waals surface area contributed by atoms with E-state index in [1.54, 1.807) is 0 Å². The first kappa shape index (κ1) is 24.7. The van der Waals surface area contributed by atoms with Gasteiger partial charge in [0.25, 0.3) is 0 Å². The number of benzene rings is 7. The third kappa shape index (κ3) is 3.51. The molecule has 1 heterocycles. The van der Waals surface area contributed by atoms with Crippen molar-refractivity contribution in [3.05, 3.63) is 151 Å². The molecule has 0 unspecified atom stereocenters. The molecule has 2 heteroatoms. The van der Waals surface area contributed by atoms with E-state index in [1.165, 1.54) is 75.3 Å². The molecule has 9 rings (SSSR count). The Hall–Kier alpha value is -4.92. The smallest absolute Gasteiger partial charge is 0.0546 e. The van der Waals surface area contributed by atoms with Crippen LogP contribution in [-0.2, 0) is 5.41 Å². The molecule has 0 N–H and O–H groups in total. The second-order valence-electron chi connectivity index (χ2n) is 12.2. The summed E-state index contributed by atoms with van der Waals surface area (Å²) in [5, 5.41) is 7.83. The lowest BCUT2D eigenvalue weighted by Gasteiger charge is -2.29. The molecule has 0 bridgehead atoms. The number of nitrogens with zero attached hydrogens (tertiary/aromatic N) is 1. The van der Waals surface area contributed by atoms with Crippen molar-refractivity contribution in [2.24, 2.45) is 0 Å². The summed E-state index contributed by atoms with van der Waals surface area (Å²) >= 11 is 1.91. The molecule has 0 saturated carbocycles. The molecule has 0 saturated heterocycles. The maximum Gasteiger partial charge on any atom is 0.0546 e. The Morgan fingerprint density at radius 3 is 2.07 bits per heavy atom. The van der Waals surface area contributed by atoms with Gasteiger partial charge >= 0.3 is 0 Å². The van der Waals surface area contributed by atoms with E-state index in [1.807, 2.05) is 11.3 Å². The fourth-order valence-corrected chi connectivity index (χ4v) is 8.66. The van der Waals surface area contributed by atoms with Crippen molar-refractivity contribution in [2.45, 2.75) is 19.3 Å². The number of rotatable bonds is 3. The minimum absolute atomic E-state index is 0.0205. The van der Waals surface area contributed by atoms with Crippen LogP contribution in [0.2, 0.25) is 0 Å². The largest absolute Gasteiger partial charge is 0.310 e. The number of fused-ring (bicyclic) bond motifs is 10. The predicted octanol–water partition coefficient (Wildman–Crippen LogP) is 12.1. The number of para-hydroxylation sites is 1. The van der Waals surface area contributed by atoms with Gasteiger partial charge < -0.3 is 4.90 Å². The van der Waals surface area contributed by atoms with Crippen molar-refractivity contribution in [2.75, 3.05) is 4.90 Å². The maximum absolute atomic E-state index is 2.45. The van der Waals surface area contributed by atoms with Crippen LogP contribution < -0.4 is 4.90 Å². The van der Waals surface area contributed by atoms with Gasteiger partial charge in [0, 0.05) is 47.7 Å². The van der Waals surface area contributed by atoms with Gasteiger partial charge in [0.15, 0.2) is 0 Å². The van der Waals surface area contributed by atoms with Crippen LogP contribution in [0.1, 0.15) is 25.0 Å². The highest BCUT2D eigenvalue weighted by Crippen LogP contribution is 2.51. The number of hydrogen-bond acceptors (Lipinski definition) is 2. The van der Waals surface area contributed by atoms with Crippen LogP contribution in [0.3, 0.4) is 0 Å². The molecule has 1 aliphatic carbocycles. The molecule has 1 aromatic heterocycles. The summed E-state index contributed by atoms with van der Waals surface area (Å²) in [6.45, 7) is 4.69. The monoisotopic (exact) mass is 567 g/mol. The fraction of sp³-hybridized carbons (Fsp3) is 0.0732. The van der Waals surface area contributed by atoms with Crippen molar-refractivity contribution < 1.29 is 0 Å². The first-order chi connectivity index (χ1) is 21.1. The Labute approximate surface area is 255 Å². The van der Waals surface area contributed by atoms with Crippen LogP contribution in [0.5, 0.6) is 0 Å². The van der Waals surface area contributed by atoms with Crippen LogP contribution in [0.25, 0.3) is 52.8 Å². The summed E-state index contributed by atoms with van der Waals surface area (Å²) in [7, 11) is 0. The van der Waals surface area contributed by atoms with E-state index in [-0.39, 0.29) is 5.41 Å². The minimum atomic E-state index is -0.0205. The molecule has 0 amide bonds. The first-order valence-electron chi connectivity index (χ1n) is 14.9. The van der Waals surface area contributed by atoms with Crippen molar-refractivity contribution in [1.82, 2.24) is 0 Å². The van der Waals surface area contributed by atoms with Crippen LogP contribution in [-0.4, -0.2) is 0 Å². The van der Waals surface area contributed by atoms with Crippen molar-refractivity contribution in [3.8, 4) is 11.1 Å². The number of thiophene rings is 1. The fourth-order valence-electron chi connectivity index (χ4n) is 7.39. The van der Waals surface area contributed by atoms with E-state index in [2.05, 4.69) is 158 Å². The standard InChI is InChI=1S/C41H29NS/c1-41(2)35-18-10-8-14-29(35)34-25-28(21-23-36(34)41)42(27-12-4-3-5-13-27)37-24-26-20-22-33-31-16-9-11-19-38(31)43-40(33)39(26)32-17-7-6-15-30(32)37/h3-25H,1-2H3. The highest BCUT2D eigenvalue weighted by atomic mass is 32.1. The Kier molecular flexibility index (Phi) is 5.18. The summed E-state index contributed by atoms with van der Waals surface area (Å²) in [5.74, 6) is 0. The van der Waals surface area contributed by atoms with E-state index < -0.39 is 0 Å². The molecule has 43 heavy (non-hydrogen) atoms. The summed E-state index contributed by atoms with van der Waals surface area (Å²) in [5.41, 5.74) is 8.96. The second-order valence-corrected chi connectivity index (χ2v) is 13.2. The van der Waals surface area contributed by atoms with Gasteiger partial charge in [-0.15, -0.1) is 11.3 Å². The molecule has 0 fully saturated rings. The molecule has 1 aliphatic rings. The quantitative estimate of drug-likeness (QED) is 0.192. The summed E-state index contributed by atoms with van der Waals surface area (Å²) < 4.78 is 2.70. The first-order valence-corrected chi connectivity index (χ1v) is 15.8. The van der Waals surface area contributed by atoms with Gasteiger partial charge in [-0.3, -0.25) is 0 Å². The predicted molar refractivity (Wildman–Crippen MR) is 187 cm³/mol. The van der Waals surface area contributed by atoms with Crippen LogP contribution in [0.4, 0.5) is 17.1 Å². The van der Waals surface area contributed by atoms with Gasteiger partial charge in [-0.2, -0.15) is 0 Å². The van der Waals surface area contributed by atoms with Crippen molar-refractivity contribution >= 4 is 70.1 Å². The molecule has 8 aromatic rings. The summed E-state index contributed by atoms with van der Waals surface area (Å²) in [6.07, 6.45) is 0. The van der Waals surface area contributed by atoms with Gasteiger partial charge in [-0.05, 0) is 69.4 Å². The van der Waals surface area contributed by atoms with Gasteiger partial charge in [-0.1, -0.05) is 117 Å². The highest BCUT2D eigenvalue weighted by Gasteiger charge is 2.35. The van der Waals surface area contributed by atoms with Gasteiger partial charge in [0.05, 0.1) is 5.69 Å². The molecule has 0 spiro atoms. The van der Waals surface area contributed by atoms with E-state index in [0.29, 0.717) is 0 Å². The lowest BCUT2D eigenvalue weighted by molar-refractivity contribution is 0.660. The average molecular weight is 568 g/mol. The third-order valence-corrected chi connectivity index (χ3v) is 10.6. The molecule has 7 aromatic carbocycles. The van der Waals surface area contributed by atoms with E-state index >= 15 is 0 Å². The molecule has 204 valence electrons. The maximum atomic E-state index is 2.45. The molecule has 0 radical (unpaired) electrons. The molecule has 1 nitrogen and oxygen atoms in total. The van der Waals surface area contributed by atoms with Crippen LogP contribution in [0.15, 0.2) is 140 Å². The van der Waals surface area contributed by atoms with Gasteiger partial charge in [0.2, 0.25) is 0 Å². The molecule has 0 atom stereocenters. The molecular formula is C41H29NS. The Morgan fingerprint density at radius 1 is 0.512 bits per heavy atom. The second kappa shape index (κ2) is 9.04. The lowest BCUT2D eigenvalue weighted by Crippen LogP contribution is -2.15. The zero-order chi connectivity index (χ0) is 28.7. The summed E-state index contributed by atoms with van der Waals surface area (Å²) in [4.78, 5) is 2.45. The SMILES string of the molecule is CC1(C)c2ccccc2-c2cc(N(c3ccccc3)c3cc4ccc5c6ccccc6sc5c4c4ccccc34)ccc21. The lowest BCUT2D eigenvalue weighted by atomic mass is 9.82.